The third-order valence-corrected chi connectivity index (χ3v) is 10.9. The smallest absolute Gasteiger partial charge is 0.0541 e. The Bertz CT molecular complexity index is 2840. The highest BCUT2D eigenvalue weighted by molar-refractivity contribution is 6.11. The molecule has 0 fully saturated rings. The van der Waals surface area contributed by atoms with Gasteiger partial charge >= 0.3 is 0 Å². The van der Waals surface area contributed by atoms with Gasteiger partial charge in [0.25, 0.3) is 0 Å². The Hall–Kier alpha value is -6.90. The molecule has 11 rings (SSSR count). The topological polar surface area (TPSA) is 9.86 Å². The standard InChI is InChI=1S/C50H32N2/c1-5-13-47-41(9-1)42-10-2-6-14-48(42)51(47)39-27-23-33(24-28-39)37-21-19-35-17-18-36-20-22-38(32-46(36)45(35)31-37)34-25-29-40(30-26-34)52-49-15-7-3-11-43(49)44-12-4-8-16-50(44)52/h1-32H. The minimum absolute atomic E-state index is 1.17. The Balaban J connectivity index is 0.973. The number of rotatable bonds is 4. The number of hydrogen-bond donors (Lipinski definition) is 0. The van der Waals surface area contributed by atoms with Crippen LogP contribution in [0.25, 0.3) is 98.8 Å². The lowest BCUT2D eigenvalue weighted by atomic mass is 9.94. The molecule has 0 saturated heterocycles. The van der Waals surface area contributed by atoms with Crippen molar-refractivity contribution < 1.29 is 0 Å². The molecule has 2 heterocycles. The van der Waals surface area contributed by atoms with E-state index in [0.717, 1.165) is 0 Å². The van der Waals surface area contributed by atoms with Crippen LogP contribution in [0.5, 0.6) is 0 Å². The first-order valence-corrected chi connectivity index (χ1v) is 17.9. The van der Waals surface area contributed by atoms with E-state index in [9.17, 15) is 0 Å². The molecule has 0 amide bonds. The van der Waals surface area contributed by atoms with Gasteiger partial charge in [0.15, 0.2) is 0 Å². The Kier molecular flexibility index (Phi) is 6.28. The number of hydrogen-bond acceptors (Lipinski definition) is 0. The number of fused-ring (bicyclic) bond motifs is 9. The van der Waals surface area contributed by atoms with Crippen molar-refractivity contribution >= 4 is 65.2 Å². The summed E-state index contributed by atoms with van der Waals surface area (Å²) in [6.07, 6.45) is 0. The molecule has 0 aliphatic carbocycles. The van der Waals surface area contributed by atoms with Crippen molar-refractivity contribution in [3.63, 3.8) is 0 Å². The van der Waals surface area contributed by atoms with Gasteiger partial charge in [0.2, 0.25) is 0 Å². The fraction of sp³-hybridized carbons (Fsp3) is 0. The van der Waals surface area contributed by atoms with E-state index in [1.165, 1.54) is 98.8 Å². The maximum atomic E-state index is 2.37. The highest BCUT2D eigenvalue weighted by atomic mass is 15.0. The number of aromatic nitrogens is 2. The summed E-state index contributed by atoms with van der Waals surface area (Å²) >= 11 is 0. The van der Waals surface area contributed by atoms with Crippen LogP contribution in [0.15, 0.2) is 194 Å². The molecule has 2 aromatic heterocycles. The van der Waals surface area contributed by atoms with Crippen molar-refractivity contribution in [2.75, 3.05) is 0 Å². The van der Waals surface area contributed by atoms with Crippen LogP contribution in [-0.4, -0.2) is 9.13 Å². The molecule has 0 aliphatic heterocycles. The van der Waals surface area contributed by atoms with E-state index in [1.807, 2.05) is 0 Å². The molecule has 11 aromatic rings. The second-order valence-electron chi connectivity index (χ2n) is 13.8. The molecular formula is C50H32N2. The van der Waals surface area contributed by atoms with Gasteiger partial charge in [0.1, 0.15) is 0 Å². The summed E-state index contributed by atoms with van der Waals surface area (Å²) in [4.78, 5) is 0. The lowest BCUT2D eigenvalue weighted by Crippen LogP contribution is -1.93. The molecule has 0 N–H and O–H groups in total. The van der Waals surface area contributed by atoms with Crippen LogP contribution in [0.1, 0.15) is 0 Å². The van der Waals surface area contributed by atoms with E-state index in [0.29, 0.717) is 0 Å². The molecule has 0 unspecified atom stereocenters. The monoisotopic (exact) mass is 660 g/mol. The lowest BCUT2D eigenvalue weighted by molar-refractivity contribution is 1.18. The summed E-state index contributed by atoms with van der Waals surface area (Å²) in [5.41, 5.74) is 12.1. The van der Waals surface area contributed by atoms with Crippen molar-refractivity contribution in [2.24, 2.45) is 0 Å². The van der Waals surface area contributed by atoms with Gasteiger partial charge in [-0.1, -0.05) is 133 Å². The lowest BCUT2D eigenvalue weighted by Gasteiger charge is -2.12. The van der Waals surface area contributed by atoms with E-state index < -0.39 is 0 Å². The van der Waals surface area contributed by atoms with E-state index in [4.69, 9.17) is 0 Å². The fourth-order valence-electron chi connectivity index (χ4n) is 8.42. The zero-order valence-electron chi connectivity index (χ0n) is 28.4. The third kappa shape index (κ3) is 4.38. The van der Waals surface area contributed by atoms with Gasteiger partial charge in [0, 0.05) is 32.9 Å². The van der Waals surface area contributed by atoms with Gasteiger partial charge in [-0.3, -0.25) is 0 Å². The number of para-hydroxylation sites is 4. The molecule has 0 radical (unpaired) electrons. The largest absolute Gasteiger partial charge is 0.309 e. The summed E-state index contributed by atoms with van der Waals surface area (Å²) in [6, 6.07) is 71.0. The summed E-state index contributed by atoms with van der Waals surface area (Å²) in [5.74, 6) is 0. The van der Waals surface area contributed by atoms with Crippen molar-refractivity contribution in [3.05, 3.63) is 194 Å². The highest BCUT2D eigenvalue weighted by Gasteiger charge is 2.14. The molecule has 52 heavy (non-hydrogen) atoms. The maximum absolute atomic E-state index is 2.37. The predicted octanol–water partition coefficient (Wildman–Crippen LogP) is 13.5. The third-order valence-electron chi connectivity index (χ3n) is 10.9. The minimum Gasteiger partial charge on any atom is -0.309 e. The van der Waals surface area contributed by atoms with E-state index in [2.05, 4.69) is 203 Å². The molecule has 242 valence electrons. The number of benzene rings is 9. The van der Waals surface area contributed by atoms with Crippen LogP contribution in [0, 0.1) is 0 Å². The average molecular weight is 661 g/mol. The highest BCUT2D eigenvalue weighted by Crippen LogP contribution is 2.37. The molecule has 0 aliphatic rings. The van der Waals surface area contributed by atoms with Crippen LogP contribution in [0.2, 0.25) is 0 Å². The zero-order chi connectivity index (χ0) is 34.2. The molecule has 2 heteroatoms. The Morgan fingerprint density at radius 3 is 0.865 bits per heavy atom. The van der Waals surface area contributed by atoms with Gasteiger partial charge in [0.05, 0.1) is 22.1 Å². The van der Waals surface area contributed by atoms with Gasteiger partial charge in [-0.25, -0.2) is 0 Å². The van der Waals surface area contributed by atoms with Crippen LogP contribution in [-0.2, 0) is 0 Å². The van der Waals surface area contributed by atoms with Crippen LogP contribution < -0.4 is 0 Å². The van der Waals surface area contributed by atoms with E-state index >= 15 is 0 Å². The molecule has 0 saturated carbocycles. The molecular weight excluding hydrogens is 629 g/mol. The molecule has 2 nitrogen and oxygen atoms in total. The number of nitrogens with zero attached hydrogens (tertiary/aromatic N) is 2. The summed E-state index contributed by atoms with van der Waals surface area (Å²) in [7, 11) is 0. The minimum atomic E-state index is 1.17. The second-order valence-corrected chi connectivity index (χ2v) is 13.8. The predicted molar refractivity (Wildman–Crippen MR) is 221 cm³/mol. The summed E-state index contributed by atoms with van der Waals surface area (Å²) < 4.78 is 4.75. The molecule has 9 aromatic carbocycles. The Labute approximate surface area is 301 Å². The van der Waals surface area contributed by atoms with Crippen molar-refractivity contribution in [1.29, 1.82) is 0 Å². The van der Waals surface area contributed by atoms with Crippen LogP contribution in [0.3, 0.4) is 0 Å². The summed E-state index contributed by atoms with van der Waals surface area (Å²) in [6.45, 7) is 0. The van der Waals surface area contributed by atoms with Crippen LogP contribution in [0.4, 0.5) is 0 Å². The molecule has 0 spiro atoms. The Morgan fingerprint density at radius 1 is 0.231 bits per heavy atom. The summed E-state index contributed by atoms with van der Waals surface area (Å²) in [5, 5.41) is 10.2. The van der Waals surface area contributed by atoms with Gasteiger partial charge < -0.3 is 9.13 Å². The van der Waals surface area contributed by atoms with Crippen LogP contribution >= 0.6 is 0 Å². The normalized spacial score (nSPS) is 11.8. The zero-order valence-corrected chi connectivity index (χ0v) is 28.4. The van der Waals surface area contributed by atoms with Crippen molar-refractivity contribution in [1.82, 2.24) is 9.13 Å². The van der Waals surface area contributed by atoms with Gasteiger partial charge in [-0.15, -0.1) is 0 Å². The van der Waals surface area contributed by atoms with Gasteiger partial charge in [-0.2, -0.15) is 0 Å². The Morgan fingerprint density at radius 2 is 0.519 bits per heavy atom. The SMILES string of the molecule is c1ccc2c(c1)c1ccccc1n2-c1ccc(-c2ccc3ccc4ccc(-c5ccc(-n6c7ccccc7c7ccccc76)cc5)cc4c3c2)cc1. The first kappa shape index (κ1) is 28.9. The first-order valence-electron chi connectivity index (χ1n) is 17.9. The van der Waals surface area contributed by atoms with E-state index in [-0.39, 0.29) is 0 Å². The van der Waals surface area contributed by atoms with Crippen molar-refractivity contribution in [3.8, 4) is 33.6 Å². The van der Waals surface area contributed by atoms with Crippen molar-refractivity contribution in [2.45, 2.75) is 0 Å². The quantitative estimate of drug-likeness (QED) is 0.166. The van der Waals surface area contributed by atoms with E-state index in [1.54, 1.807) is 0 Å². The second kappa shape index (κ2) is 11.3. The van der Waals surface area contributed by atoms with Gasteiger partial charge in [-0.05, 0) is 104 Å². The average Bonchev–Trinajstić information content (AvgIpc) is 3.74. The first-order chi connectivity index (χ1) is 25.8. The molecule has 0 bridgehead atoms. The fourth-order valence-corrected chi connectivity index (χ4v) is 8.42. The molecule has 0 atom stereocenters. The maximum Gasteiger partial charge on any atom is 0.0541 e.